The fourth-order valence-corrected chi connectivity index (χ4v) is 1.65. The van der Waals surface area contributed by atoms with Gasteiger partial charge in [0.05, 0.1) is 6.21 Å². The van der Waals surface area contributed by atoms with Gasteiger partial charge < -0.3 is 10.2 Å². The zero-order valence-electron chi connectivity index (χ0n) is 6.90. The minimum Gasteiger partial charge on any atom is -0.383 e. The normalized spacial score (nSPS) is 22.5. The van der Waals surface area contributed by atoms with Gasteiger partial charge in [-0.05, 0) is 6.07 Å². The summed E-state index contributed by atoms with van der Waals surface area (Å²) in [6.07, 6.45) is 3.68. The molecule has 0 spiro atoms. The molecular formula is C10H8N2O. The van der Waals surface area contributed by atoms with E-state index in [1.165, 1.54) is 0 Å². The highest BCUT2D eigenvalue weighted by Crippen LogP contribution is 2.36. The molecule has 0 aliphatic carbocycles. The van der Waals surface area contributed by atoms with Gasteiger partial charge in [0.1, 0.15) is 0 Å². The fourth-order valence-electron chi connectivity index (χ4n) is 1.65. The molecule has 1 unspecified atom stereocenters. The van der Waals surface area contributed by atoms with Crippen molar-refractivity contribution in [2.24, 2.45) is 5.16 Å². The first kappa shape index (κ1) is 6.71. The Hall–Kier alpha value is -1.77. The first-order chi connectivity index (χ1) is 6.45. The number of fused-ring (bicyclic) bond motifs is 3. The van der Waals surface area contributed by atoms with E-state index in [2.05, 4.69) is 16.5 Å². The molecule has 2 aliphatic rings. The van der Waals surface area contributed by atoms with E-state index >= 15 is 0 Å². The topological polar surface area (TPSA) is 33.6 Å². The van der Waals surface area contributed by atoms with Gasteiger partial charge >= 0.3 is 0 Å². The minimum atomic E-state index is -0.00236. The van der Waals surface area contributed by atoms with Crippen molar-refractivity contribution >= 4 is 11.9 Å². The van der Waals surface area contributed by atoms with Crippen LogP contribution in [0.1, 0.15) is 11.7 Å². The Bertz CT molecular complexity index is 409. The number of rotatable bonds is 0. The number of para-hydroxylation sites is 1. The van der Waals surface area contributed by atoms with E-state index < -0.39 is 0 Å². The number of nitrogens with zero attached hydrogens (tertiary/aromatic N) is 1. The van der Waals surface area contributed by atoms with E-state index in [0.29, 0.717) is 0 Å². The molecule has 1 N–H and O–H groups in total. The highest BCUT2D eigenvalue weighted by atomic mass is 16.6. The number of hydrogen-bond donors (Lipinski definition) is 1. The number of hydrogen-bond acceptors (Lipinski definition) is 3. The predicted octanol–water partition coefficient (Wildman–Crippen LogP) is 2.05. The Morgan fingerprint density at radius 1 is 1.31 bits per heavy atom. The van der Waals surface area contributed by atoms with Crippen molar-refractivity contribution in [1.82, 2.24) is 0 Å². The smallest absolute Gasteiger partial charge is 0.182 e. The average molecular weight is 172 g/mol. The SMILES string of the molecule is C1=NOC2C1=CNc1ccccc12. The molecule has 64 valence electrons. The van der Waals surface area contributed by atoms with Crippen LogP contribution in [-0.4, -0.2) is 6.21 Å². The van der Waals surface area contributed by atoms with E-state index in [-0.39, 0.29) is 6.10 Å². The molecule has 0 bridgehead atoms. The third-order valence-electron chi connectivity index (χ3n) is 2.31. The van der Waals surface area contributed by atoms with Crippen molar-refractivity contribution in [2.45, 2.75) is 6.10 Å². The minimum absolute atomic E-state index is 0.00236. The summed E-state index contributed by atoms with van der Waals surface area (Å²) in [5.41, 5.74) is 3.33. The number of benzene rings is 1. The molecule has 3 heteroatoms. The Kier molecular flexibility index (Phi) is 1.22. The van der Waals surface area contributed by atoms with Crippen LogP contribution in [0.5, 0.6) is 0 Å². The molecule has 0 amide bonds. The maximum absolute atomic E-state index is 5.24. The van der Waals surface area contributed by atoms with Crippen LogP contribution < -0.4 is 5.32 Å². The zero-order chi connectivity index (χ0) is 8.67. The zero-order valence-corrected chi connectivity index (χ0v) is 6.90. The van der Waals surface area contributed by atoms with Crippen LogP contribution in [-0.2, 0) is 4.84 Å². The molecule has 13 heavy (non-hydrogen) atoms. The Morgan fingerprint density at radius 2 is 2.23 bits per heavy atom. The van der Waals surface area contributed by atoms with Crippen LogP contribution in [0.3, 0.4) is 0 Å². The van der Waals surface area contributed by atoms with Gasteiger partial charge in [-0.25, -0.2) is 0 Å². The van der Waals surface area contributed by atoms with Crippen LogP contribution in [0.4, 0.5) is 5.69 Å². The van der Waals surface area contributed by atoms with E-state index in [1.54, 1.807) is 6.21 Å². The van der Waals surface area contributed by atoms with Crippen molar-refractivity contribution in [3.63, 3.8) is 0 Å². The Balaban J connectivity index is 2.14. The lowest BCUT2D eigenvalue weighted by atomic mass is 9.99. The second-order valence-electron chi connectivity index (χ2n) is 3.10. The fraction of sp³-hybridized carbons (Fsp3) is 0.100. The van der Waals surface area contributed by atoms with Gasteiger partial charge in [0.2, 0.25) is 0 Å². The first-order valence-electron chi connectivity index (χ1n) is 4.20. The van der Waals surface area contributed by atoms with Gasteiger partial charge in [-0.1, -0.05) is 23.4 Å². The molecule has 2 heterocycles. The summed E-state index contributed by atoms with van der Waals surface area (Å²) in [7, 11) is 0. The largest absolute Gasteiger partial charge is 0.383 e. The molecule has 0 radical (unpaired) electrons. The molecule has 0 fully saturated rings. The van der Waals surface area contributed by atoms with Crippen molar-refractivity contribution in [2.75, 3.05) is 5.32 Å². The van der Waals surface area contributed by atoms with Gasteiger partial charge in [-0.15, -0.1) is 0 Å². The van der Waals surface area contributed by atoms with E-state index in [9.17, 15) is 0 Å². The summed E-state index contributed by atoms with van der Waals surface area (Å²) in [6, 6.07) is 8.09. The van der Waals surface area contributed by atoms with Gasteiger partial charge in [0.25, 0.3) is 0 Å². The van der Waals surface area contributed by atoms with Crippen LogP contribution >= 0.6 is 0 Å². The van der Waals surface area contributed by atoms with Gasteiger partial charge in [0.15, 0.2) is 6.10 Å². The lowest BCUT2D eigenvalue weighted by Crippen LogP contribution is -2.10. The lowest BCUT2D eigenvalue weighted by molar-refractivity contribution is 0.105. The highest BCUT2D eigenvalue weighted by Gasteiger charge is 2.27. The maximum Gasteiger partial charge on any atom is 0.182 e. The Morgan fingerprint density at radius 3 is 3.23 bits per heavy atom. The molecule has 3 rings (SSSR count). The summed E-state index contributed by atoms with van der Waals surface area (Å²) in [6.45, 7) is 0. The van der Waals surface area contributed by atoms with E-state index in [1.807, 2.05) is 24.4 Å². The van der Waals surface area contributed by atoms with E-state index in [0.717, 1.165) is 16.8 Å². The van der Waals surface area contributed by atoms with Crippen LogP contribution in [0.25, 0.3) is 0 Å². The third kappa shape index (κ3) is 0.869. The molecule has 0 saturated carbocycles. The predicted molar refractivity (Wildman–Crippen MR) is 50.5 cm³/mol. The standard InChI is InChI=1S/C10H8N2O/c1-2-4-9-8(3-1)10-7(5-11-9)6-12-13-10/h1-6,10-11H. The van der Waals surface area contributed by atoms with Crippen molar-refractivity contribution in [3.05, 3.63) is 41.6 Å². The van der Waals surface area contributed by atoms with Gasteiger partial charge in [-0.2, -0.15) is 0 Å². The summed E-state index contributed by atoms with van der Waals surface area (Å²) >= 11 is 0. The summed E-state index contributed by atoms with van der Waals surface area (Å²) in [5.74, 6) is 0. The number of anilines is 1. The van der Waals surface area contributed by atoms with Crippen molar-refractivity contribution < 1.29 is 4.84 Å². The monoisotopic (exact) mass is 172 g/mol. The lowest BCUT2D eigenvalue weighted by Gasteiger charge is -2.19. The Labute approximate surface area is 75.7 Å². The maximum atomic E-state index is 5.24. The quantitative estimate of drug-likeness (QED) is 0.649. The summed E-state index contributed by atoms with van der Waals surface area (Å²) in [4.78, 5) is 5.24. The molecule has 1 aromatic rings. The van der Waals surface area contributed by atoms with Crippen molar-refractivity contribution in [3.8, 4) is 0 Å². The molecule has 0 aromatic heterocycles. The molecule has 0 saturated heterocycles. The summed E-state index contributed by atoms with van der Waals surface area (Å²) in [5, 5.41) is 6.99. The first-order valence-corrected chi connectivity index (χ1v) is 4.20. The number of oxime groups is 1. The molecule has 2 aliphatic heterocycles. The van der Waals surface area contributed by atoms with Crippen LogP contribution in [0.2, 0.25) is 0 Å². The average Bonchev–Trinajstić information content (AvgIpc) is 2.65. The highest BCUT2D eigenvalue weighted by molar-refractivity contribution is 5.84. The molecule has 1 aromatic carbocycles. The second kappa shape index (κ2) is 2.36. The van der Waals surface area contributed by atoms with E-state index in [4.69, 9.17) is 4.84 Å². The third-order valence-corrected chi connectivity index (χ3v) is 2.31. The van der Waals surface area contributed by atoms with Gasteiger partial charge in [-0.3, -0.25) is 0 Å². The molecular weight excluding hydrogens is 164 g/mol. The molecule has 3 nitrogen and oxygen atoms in total. The van der Waals surface area contributed by atoms with Gasteiger partial charge in [0, 0.05) is 23.0 Å². The van der Waals surface area contributed by atoms with Crippen molar-refractivity contribution in [1.29, 1.82) is 0 Å². The summed E-state index contributed by atoms with van der Waals surface area (Å²) < 4.78 is 0. The second-order valence-corrected chi connectivity index (χ2v) is 3.10. The van der Waals surface area contributed by atoms with Crippen LogP contribution in [0, 0.1) is 0 Å². The van der Waals surface area contributed by atoms with Crippen LogP contribution in [0.15, 0.2) is 41.2 Å². The molecule has 1 atom stereocenters. The number of nitrogens with one attached hydrogen (secondary N) is 1.